The molecular weight excluding hydrogens is 540 g/mol. The number of aromatic nitrogens is 3. The number of aryl methyl sites for hydroxylation is 2. The minimum atomic E-state index is -0.929. The highest BCUT2D eigenvalue weighted by Crippen LogP contribution is 2.50. The number of nitrogens with zero attached hydrogens (tertiary/aromatic N) is 4. The predicted molar refractivity (Wildman–Crippen MR) is 168 cm³/mol. The van der Waals surface area contributed by atoms with Gasteiger partial charge in [0.15, 0.2) is 5.58 Å². The van der Waals surface area contributed by atoms with Crippen molar-refractivity contribution in [2.75, 3.05) is 0 Å². The highest BCUT2D eigenvalue weighted by atomic mass is 16.4. The minimum absolute atomic E-state index is 0.157. The van der Waals surface area contributed by atoms with E-state index >= 15 is 0 Å². The third-order valence-corrected chi connectivity index (χ3v) is 8.77. The summed E-state index contributed by atoms with van der Waals surface area (Å²) in [5.41, 5.74) is 5.12. The lowest BCUT2D eigenvalue weighted by Crippen LogP contribution is -2.60. The van der Waals surface area contributed by atoms with Gasteiger partial charge in [-0.25, -0.2) is 4.79 Å². The van der Waals surface area contributed by atoms with Crippen LogP contribution in [0.3, 0.4) is 0 Å². The molecule has 1 amide bonds. The van der Waals surface area contributed by atoms with Gasteiger partial charge in [0, 0.05) is 35.6 Å². The molecule has 8 heteroatoms. The molecule has 0 spiro atoms. The Balaban J connectivity index is 1.56. The standard InChI is InChI=1S/C35H36N4O4/c1-21-27(22(2)38(6)37-21)29-32-26(17-20-36-29)30(40)28(31(43-32)24-11-8-7-9-12-24)23-13-15-25(16-14-23)35(18-10-19-35)39(33(41)42)34(3,4)5/h7-9,11-17,20H,10,18-19H2,1-6H3,(H,41,42). The van der Waals surface area contributed by atoms with E-state index in [1.54, 1.807) is 21.8 Å². The second-order valence-corrected chi connectivity index (χ2v) is 12.5. The summed E-state index contributed by atoms with van der Waals surface area (Å²) in [6.07, 6.45) is 3.18. The topological polar surface area (TPSA) is 101 Å². The Morgan fingerprint density at radius 1 is 0.977 bits per heavy atom. The van der Waals surface area contributed by atoms with E-state index in [-0.39, 0.29) is 5.43 Å². The first-order valence-electron chi connectivity index (χ1n) is 14.6. The van der Waals surface area contributed by atoms with Gasteiger partial charge in [0.2, 0.25) is 5.43 Å². The summed E-state index contributed by atoms with van der Waals surface area (Å²) in [6, 6.07) is 19.1. The summed E-state index contributed by atoms with van der Waals surface area (Å²) in [6.45, 7) is 9.69. The monoisotopic (exact) mass is 576 g/mol. The van der Waals surface area contributed by atoms with Crippen molar-refractivity contribution < 1.29 is 14.3 Å². The fourth-order valence-corrected chi connectivity index (χ4v) is 6.68. The van der Waals surface area contributed by atoms with Gasteiger partial charge in [-0.05, 0) is 71.1 Å². The van der Waals surface area contributed by atoms with Crippen LogP contribution in [0, 0.1) is 13.8 Å². The van der Waals surface area contributed by atoms with Crippen LogP contribution in [-0.4, -0.2) is 36.4 Å². The van der Waals surface area contributed by atoms with Crippen molar-refractivity contribution in [1.82, 2.24) is 19.7 Å². The molecule has 1 aliphatic rings. The van der Waals surface area contributed by atoms with Crippen molar-refractivity contribution in [1.29, 1.82) is 0 Å². The van der Waals surface area contributed by atoms with Gasteiger partial charge in [-0.1, -0.05) is 54.6 Å². The Labute approximate surface area is 250 Å². The molecule has 220 valence electrons. The first-order chi connectivity index (χ1) is 20.4. The van der Waals surface area contributed by atoms with Gasteiger partial charge in [0.05, 0.1) is 22.2 Å². The fourth-order valence-electron chi connectivity index (χ4n) is 6.68. The maximum absolute atomic E-state index is 14.4. The Hall–Kier alpha value is -4.72. The summed E-state index contributed by atoms with van der Waals surface area (Å²) >= 11 is 0. The van der Waals surface area contributed by atoms with Crippen molar-refractivity contribution in [3.8, 4) is 33.7 Å². The summed E-state index contributed by atoms with van der Waals surface area (Å²) < 4.78 is 8.48. The van der Waals surface area contributed by atoms with E-state index < -0.39 is 17.2 Å². The quantitative estimate of drug-likeness (QED) is 0.230. The van der Waals surface area contributed by atoms with Crippen LogP contribution in [0.5, 0.6) is 0 Å². The van der Waals surface area contributed by atoms with Gasteiger partial charge in [-0.2, -0.15) is 5.10 Å². The summed E-state index contributed by atoms with van der Waals surface area (Å²) in [4.78, 5) is 33.1. The van der Waals surface area contributed by atoms with E-state index in [0.717, 1.165) is 47.3 Å². The van der Waals surface area contributed by atoms with Crippen molar-refractivity contribution in [3.05, 3.63) is 94.0 Å². The highest BCUT2D eigenvalue weighted by Gasteiger charge is 2.50. The molecule has 6 rings (SSSR count). The largest absolute Gasteiger partial charge is 0.465 e. The molecule has 3 aromatic heterocycles. The van der Waals surface area contributed by atoms with Crippen LogP contribution in [0.4, 0.5) is 4.79 Å². The number of hydrogen-bond donors (Lipinski definition) is 1. The van der Waals surface area contributed by atoms with Crippen LogP contribution in [0.15, 0.2) is 76.1 Å². The van der Waals surface area contributed by atoms with Crippen LogP contribution in [-0.2, 0) is 12.6 Å². The second kappa shape index (κ2) is 10.2. The maximum Gasteiger partial charge on any atom is 0.408 e. The molecule has 0 aliphatic heterocycles. The number of fused-ring (bicyclic) bond motifs is 1. The van der Waals surface area contributed by atoms with Crippen molar-refractivity contribution in [2.45, 2.75) is 65.0 Å². The normalized spacial score (nSPS) is 14.5. The molecule has 0 saturated heterocycles. The van der Waals surface area contributed by atoms with Crippen molar-refractivity contribution >= 4 is 17.1 Å². The Kier molecular flexibility index (Phi) is 6.75. The summed E-state index contributed by atoms with van der Waals surface area (Å²) in [5.74, 6) is 0.458. The van der Waals surface area contributed by atoms with Crippen LogP contribution in [0.2, 0.25) is 0 Å². The summed E-state index contributed by atoms with van der Waals surface area (Å²) in [7, 11) is 1.88. The van der Waals surface area contributed by atoms with Crippen LogP contribution >= 0.6 is 0 Å². The molecule has 0 bridgehead atoms. The maximum atomic E-state index is 14.4. The van der Waals surface area contributed by atoms with Crippen molar-refractivity contribution in [3.63, 3.8) is 0 Å². The van der Waals surface area contributed by atoms with E-state index in [4.69, 9.17) is 4.42 Å². The number of rotatable bonds is 5. The van der Waals surface area contributed by atoms with E-state index in [1.807, 2.05) is 96.3 Å². The number of hydrogen-bond acceptors (Lipinski definition) is 5. The molecule has 0 unspecified atom stereocenters. The molecule has 0 radical (unpaired) electrons. The van der Waals surface area contributed by atoms with Crippen LogP contribution in [0.1, 0.15) is 57.0 Å². The first kappa shape index (κ1) is 28.4. The molecule has 1 N–H and O–H groups in total. The smallest absolute Gasteiger partial charge is 0.408 e. The molecule has 0 atom stereocenters. The van der Waals surface area contributed by atoms with E-state index in [2.05, 4.69) is 10.1 Å². The molecule has 1 aliphatic carbocycles. The SMILES string of the molecule is Cc1nn(C)c(C)c1-c1nccc2c(=O)c(-c3ccc(C4(N(C(=O)O)C(C)(C)C)CCC4)cc3)c(-c3ccccc3)oc12. The van der Waals surface area contributed by atoms with Crippen LogP contribution in [0.25, 0.3) is 44.7 Å². The van der Waals surface area contributed by atoms with E-state index in [0.29, 0.717) is 33.6 Å². The zero-order valence-electron chi connectivity index (χ0n) is 25.4. The number of amides is 1. The van der Waals surface area contributed by atoms with Gasteiger partial charge >= 0.3 is 6.09 Å². The van der Waals surface area contributed by atoms with Gasteiger partial charge in [-0.3, -0.25) is 19.4 Å². The zero-order valence-corrected chi connectivity index (χ0v) is 25.4. The van der Waals surface area contributed by atoms with Gasteiger partial charge in [-0.15, -0.1) is 0 Å². The van der Waals surface area contributed by atoms with Crippen molar-refractivity contribution in [2.24, 2.45) is 7.05 Å². The van der Waals surface area contributed by atoms with E-state index in [9.17, 15) is 14.7 Å². The molecule has 2 aromatic carbocycles. The molecular formula is C35H36N4O4. The average molecular weight is 577 g/mol. The predicted octanol–water partition coefficient (Wildman–Crippen LogP) is 7.70. The lowest BCUT2D eigenvalue weighted by Gasteiger charge is -2.54. The molecule has 3 heterocycles. The van der Waals surface area contributed by atoms with Gasteiger partial charge in [0.1, 0.15) is 11.5 Å². The molecule has 8 nitrogen and oxygen atoms in total. The molecule has 5 aromatic rings. The molecule has 43 heavy (non-hydrogen) atoms. The number of benzene rings is 2. The van der Waals surface area contributed by atoms with Gasteiger partial charge in [0.25, 0.3) is 0 Å². The lowest BCUT2D eigenvalue weighted by molar-refractivity contribution is -0.0328. The Bertz CT molecular complexity index is 1910. The Morgan fingerprint density at radius 2 is 1.65 bits per heavy atom. The van der Waals surface area contributed by atoms with Crippen LogP contribution < -0.4 is 5.43 Å². The third kappa shape index (κ3) is 4.52. The first-order valence-corrected chi connectivity index (χ1v) is 14.6. The zero-order chi connectivity index (χ0) is 30.7. The second-order valence-electron chi connectivity index (χ2n) is 12.5. The number of pyridine rings is 1. The van der Waals surface area contributed by atoms with Gasteiger partial charge < -0.3 is 9.52 Å². The number of carbonyl (C=O) groups is 1. The lowest BCUT2D eigenvalue weighted by atomic mass is 9.69. The highest BCUT2D eigenvalue weighted by molar-refractivity contribution is 5.96. The minimum Gasteiger partial charge on any atom is -0.465 e. The Morgan fingerprint density at radius 3 is 2.19 bits per heavy atom. The fraction of sp³-hybridized carbons (Fsp3) is 0.314. The molecule has 1 fully saturated rings. The third-order valence-electron chi connectivity index (χ3n) is 8.77. The number of carboxylic acid groups (broad SMARTS) is 1. The summed E-state index contributed by atoms with van der Waals surface area (Å²) in [5, 5.41) is 15.2. The van der Waals surface area contributed by atoms with E-state index in [1.165, 1.54) is 0 Å². The average Bonchev–Trinajstić information content (AvgIpc) is 3.20. The molecule has 1 saturated carbocycles.